The molecule has 0 aromatic heterocycles. The van der Waals surface area contributed by atoms with E-state index in [1.807, 2.05) is 23.1 Å². The van der Waals surface area contributed by atoms with Gasteiger partial charge in [-0.3, -0.25) is 4.79 Å². The Morgan fingerprint density at radius 2 is 2.00 bits per heavy atom. The Bertz CT molecular complexity index is 528. The van der Waals surface area contributed by atoms with Gasteiger partial charge in [-0.25, -0.2) is 0 Å². The molecule has 1 saturated carbocycles. The van der Waals surface area contributed by atoms with Gasteiger partial charge in [0.1, 0.15) is 0 Å². The van der Waals surface area contributed by atoms with Gasteiger partial charge < -0.3 is 15.5 Å². The predicted octanol–water partition coefficient (Wildman–Crippen LogP) is 2.36. The molecule has 2 atom stereocenters. The number of nitrogens with zero attached hydrogens (tertiary/aromatic N) is 2. The van der Waals surface area contributed by atoms with E-state index in [1.165, 1.54) is 0 Å². The highest BCUT2D eigenvalue weighted by Gasteiger charge is 2.35. The first-order valence-electron chi connectivity index (χ1n) is 8.18. The molecule has 1 saturated heterocycles. The van der Waals surface area contributed by atoms with Crippen LogP contribution in [0.3, 0.4) is 0 Å². The summed E-state index contributed by atoms with van der Waals surface area (Å²) >= 11 is 6.06. The number of benzene rings is 1. The molecule has 2 aliphatic rings. The lowest BCUT2D eigenvalue weighted by Gasteiger charge is -2.38. The Morgan fingerprint density at radius 1 is 1.23 bits per heavy atom. The average molecular weight is 322 g/mol. The van der Waals surface area contributed by atoms with E-state index in [0.29, 0.717) is 18.4 Å². The Kier molecular flexibility index (Phi) is 4.89. The Hall–Kier alpha value is -1.26. The molecule has 3 rings (SSSR count). The Labute approximate surface area is 137 Å². The van der Waals surface area contributed by atoms with Crippen LogP contribution in [0.2, 0.25) is 5.02 Å². The first kappa shape index (κ1) is 15.6. The normalized spacial score (nSPS) is 25.5. The maximum absolute atomic E-state index is 12.7. The summed E-state index contributed by atoms with van der Waals surface area (Å²) in [5, 5.41) is 0.757. The van der Waals surface area contributed by atoms with Crippen LogP contribution in [-0.2, 0) is 4.79 Å². The van der Waals surface area contributed by atoms with E-state index in [-0.39, 0.29) is 5.92 Å². The van der Waals surface area contributed by atoms with E-state index in [4.69, 9.17) is 17.3 Å². The zero-order valence-electron chi connectivity index (χ0n) is 12.9. The van der Waals surface area contributed by atoms with Gasteiger partial charge in [-0.05, 0) is 43.5 Å². The van der Waals surface area contributed by atoms with Gasteiger partial charge in [-0.15, -0.1) is 0 Å². The summed E-state index contributed by atoms with van der Waals surface area (Å²) in [6, 6.07) is 7.92. The van der Waals surface area contributed by atoms with Gasteiger partial charge in [0.25, 0.3) is 0 Å². The second kappa shape index (κ2) is 6.88. The molecule has 1 aliphatic carbocycles. The number of halogens is 1. The predicted molar refractivity (Wildman–Crippen MR) is 90.1 cm³/mol. The van der Waals surface area contributed by atoms with Crippen LogP contribution in [0.5, 0.6) is 0 Å². The number of carbonyl (C=O) groups is 1. The van der Waals surface area contributed by atoms with Crippen molar-refractivity contribution in [1.29, 1.82) is 0 Å². The number of nitrogens with two attached hydrogens (primary N) is 1. The zero-order valence-corrected chi connectivity index (χ0v) is 13.6. The third kappa shape index (κ3) is 3.23. The van der Waals surface area contributed by atoms with Crippen LogP contribution in [0.1, 0.15) is 19.3 Å². The van der Waals surface area contributed by atoms with Gasteiger partial charge in [-0.1, -0.05) is 24.1 Å². The molecule has 5 heteroatoms. The minimum atomic E-state index is 0.155. The molecule has 0 bridgehead atoms. The van der Waals surface area contributed by atoms with Crippen LogP contribution in [0, 0.1) is 11.8 Å². The van der Waals surface area contributed by atoms with Crippen molar-refractivity contribution in [1.82, 2.24) is 4.90 Å². The molecule has 0 spiro atoms. The lowest BCUT2D eigenvalue weighted by Crippen LogP contribution is -2.51. The Morgan fingerprint density at radius 3 is 2.68 bits per heavy atom. The van der Waals surface area contributed by atoms with Crippen LogP contribution in [-0.4, -0.2) is 43.5 Å². The van der Waals surface area contributed by atoms with Crippen molar-refractivity contribution in [2.24, 2.45) is 17.6 Å². The summed E-state index contributed by atoms with van der Waals surface area (Å²) in [7, 11) is 0. The summed E-state index contributed by atoms with van der Waals surface area (Å²) in [5.74, 6) is 0.861. The zero-order chi connectivity index (χ0) is 15.5. The van der Waals surface area contributed by atoms with Gasteiger partial charge >= 0.3 is 0 Å². The van der Waals surface area contributed by atoms with E-state index in [9.17, 15) is 4.79 Å². The maximum Gasteiger partial charge on any atom is 0.226 e. The van der Waals surface area contributed by atoms with Crippen molar-refractivity contribution >= 4 is 23.2 Å². The minimum absolute atomic E-state index is 0.155. The SMILES string of the molecule is NC[C@H]1CCC[C@H]1C(=O)N1CCN(c2cccc(Cl)c2)CC1. The first-order valence-corrected chi connectivity index (χ1v) is 8.56. The van der Waals surface area contributed by atoms with Crippen LogP contribution in [0.25, 0.3) is 0 Å². The number of piperazine rings is 1. The average Bonchev–Trinajstić information content (AvgIpc) is 3.03. The molecule has 1 aromatic carbocycles. The highest BCUT2D eigenvalue weighted by atomic mass is 35.5. The number of amides is 1. The lowest BCUT2D eigenvalue weighted by atomic mass is 9.94. The van der Waals surface area contributed by atoms with E-state index in [2.05, 4.69) is 11.0 Å². The smallest absolute Gasteiger partial charge is 0.226 e. The second-order valence-corrected chi connectivity index (χ2v) is 6.76. The van der Waals surface area contributed by atoms with Crippen LogP contribution in [0.15, 0.2) is 24.3 Å². The van der Waals surface area contributed by atoms with Gasteiger partial charge in [0, 0.05) is 42.8 Å². The summed E-state index contributed by atoms with van der Waals surface area (Å²) in [4.78, 5) is 17.0. The van der Waals surface area contributed by atoms with Gasteiger partial charge in [0.05, 0.1) is 0 Å². The molecule has 120 valence electrons. The maximum atomic E-state index is 12.7. The number of carbonyl (C=O) groups excluding carboxylic acids is 1. The second-order valence-electron chi connectivity index (χ2n) is 6.33. The summed E-state index contributed by atoms with van der Waals surface area (Å²) in [6.45, 7) is 3.95. The lowest BCUT2D eigenvalue weighted by molar-refractivity contribution is -0.136. The van der Waals surface area contributed by atoms with E-state index in [1.54, 1.807) is 0 Å². The monoisotopic (exact) mass is 321 g/mol. The minimum Gasteiger partial charge on any atom is -0.368 e. The van der Waals surface area contributed by atoms with Gasteiger partial charge in [0.15, 0.2) is 0 Å². The molecule has 1 amide bonds. The molecular weight excluding hydrogens is 298 g/mol. The van der Waals surface area contributed by atoms with Crippen molar-refractivity contribution in [2.45, 2.75) is 19.3 Å². The van der Waals surface area contributed by atoms with Gasteiger partial charge in [0.2, 0.25) is 5.91 Å². The molecule has 22 heavy (non-hydrogen) atoms. The van der Waals surface area contributed by atoms with Crippen LogP contribution < -0.4 is 10.6 Å². The quantitative estimate of drug-likeness (QED) is 0.930. The summed E-state index contributed by atoms with van der Waals surface area (Å²) < 4.78 is 0. The van der Waals surface area contributed by atoms with Crippen molar-refractivity contribution in [2.75, 3.05) is 37.6 Å². The number of hydrogen-bond donors (Lipinski definition) is 1. The molecule has 0 radical (unpaired) electrons. The van der Waals surface area contributed by atoms with E-state index < -0.39 is 0 Å². The van der Waals surface area contributed by atoms with Crippen molar-refractivity contribution in [3.8, 4) is 0 Å². The highest BCUT2D eigenvalue weighted by molar-refractivity contribution is 6.30. The fraction of sp³-hybridized carbons (Fsp3) is 0.588. The first-order chi connectivity index (χ1) is 10.7. The Balaban J connectivity index is 1.58. The van der Waals surface area contributed by atoms with E-state index in [0.717, 1.165) is 56.2 Å². The topological polar surface area (TPSA) is 49.6 Å². The van der Waals surface area contributed by atoms with Crippen LogP contribution >= 0.6 is 11.6 Å². The fourth-order valence-corrected chi connectivity index (χ4v) is 3.92. The molecule has 4 nitrogen and oxygen atoms in total. The molecule has 0 unspecified atom stereocenters. The molecular formula is C17H24ClN3O. The number of rotatable bonds is 3. The largest absolute Gasteiger partial charge is 0.368 e. The molecule has 2 N–H and O–H groups in total. The molecule has 1 heterocycles. The number of anilines is 1. The third-order valence-corrected chi connectivity index (χ3v) is 5.28. The molecule has 1 aromatic rings. The number of hydrogen-bond acceptors (Lipinski definition) is 3. The van der Waals surface area contributed by atoms with Crippen LogP contribution in [0.4, 0.5) is 5.69 Å². The molecule has 2 fully saturated rings. The summed E-state index contributed by atoms with van der Waals surface area (Å²) in [5.41, 5.74) is 6.95. The molecule has 1 aliphatic heterocycles. The third-order valence-electron chi connectivity index (χ3n) is 5.04. The van der Waals surface area contributed by atoms with Crippen molar-refractivity contribution < 1.29 is 4.79 Å². The van der Waals surface area contributed by atoms with Gasteiger partial charge in [-0.2, -0.15) is 0 Å². The highest BCUT2D eigenvalue weighted by Crippen LogP contribution is 2.32. The summed E-state index contributed by atoms with van der Waals surface area (Å²) in [6.07, 6.45) is 3.26. The standard InChI is InChI=1S/C17H24ClN3O/c18-14-4-2-5-15(11-14)20-7-9-21(10-8-20)17(22)16-6-1-3-13(16)12-19/h2,4-5,11,13,16H,1,3,6-10,12,19H2/t13-,16-/m1/s1. The fourth-order valence-electron chi connectivity index (χ4n) is 3.74. The van der Waals surface area contributed by atoms with Crippen molar-refractivity contribution in [3.63, 3.8) is 0 Å². The van der Waals surface area contributed by atoms with E-state index >= 15 is 0 Å². The van der Waals surface area contributed by atoms with Crippen molar-refractivity contribution in [3.05, 3.63) is 29.3 Å².